The molecule has 1 N–H and O–H groups in total. The summed E-state index contributed by atoms with van der Waals surface area (Å²) in [7, 11) is 1.62. The molecule has 0 fully saturated rings. The summed E-state index contributed by atoms with van der Waals surface area (Å²) in [6.07, 6.45) is 0. The van der Waals surface area contributed by atoms with Gasteiger partial charge in [-0.05, 0) is 49.2 Å². The number of rotatable bonds is 10. The summed E-state index contributed by atoms with van der Waals surface area (Å²) >= 11 is 1.49. The number of methoxy groups -OCH3 is 1. The van der Waals surface area contributed by atoms with Gasteiger partial charge in [0.2, 0.25) is 11.8 Å². The number of hydrogen-bond acceptors (Lipinski definition) is 4. The van der Waals surface area contributed by atoms with E-state index in [1.54, 1.807) is 31.1 Å². The molecule has 0 aliphatic rings. The number of likely N-dealkylation sites (N-methyl/N-ethyl adjacent to an activating group) is 1. The van der Waals surface area contributed by atoms with E-state index in [1.807, 2.05) is 31.2 Å². The molecule has 0 aromatic heterocycles. The van der Waals surface area contributed by atoms with Crippen LogP contribution >= 0.6 is 11.8 Å². The zero-order valence-corrected chi connectivity index (χ0v) is 17.8. The maximum absolute atomic E-state index is 13.2. The molecule has 2 amide bonds. The molecule has 7 heteroatoms. The van der Waals surface area contributed by atoms with E-state index in [0.29, 0.717) is 12.3 Å². The van der Waals surface area contributed by atoms with Crippen LogP contribution in [0.15, 0.2) is 48.5 Å². The molecule has 0 bridgehead atoms. The smallest absolute Gasteiger partial charge is 0.242 e. The molecule has 0 spiro atoms. The Bertz CT molecular complexity index is 797. The van der Waals surface area contributed by atoms with Crippen LogP contribution in [0.1, 0.15) is 25.0 Å². The molecular formula is C22H27FN2O3S. The van der Waals surface area contributed by atoms with E-state index in [2.05, 4.69) is 5.32 Å². The van der Waals surface area contributed by atoms with Crippen molar-refractivity contribution in [3.8, 4) is 5.75 Å². The lowest BCUT2D eigenvalue weighted by atomic mass is 10.1. The average Bonchev–Trinajstić information content (AvgIpc) is 2.73. The third kappa shape index (κ3) is 7.09. The van der Waals surface area contributed by atoms with Crippen molar-refractivity contribution in [3.05, 3.63) is 65.5 Å². The quantitative estimate of drug-likeness (QED) is 0.640. The Hall–Kier alpha value is -2.54. The van der Waals surface area contributed by atoms with E-state index in [1.165, 1.54) is 23.9 Å². The summed E-state index contributed by atoms with van der Waals surface area (Å²) in [6, 6.07) is 13.0. The topological polar surface area (TPSA) is 58.6 Å². The van der Waals surface area contributed by atoms with Gasteiger partial charge >= 0.3 is 0 Å². The molecule has 0 heterocycles. The summed E-state index contributed by atoms with van der Waals surface area (Å²) in [5.41, 5.74) is 1.86. The first-order valence-electron chi connectivity index (χ1n) is 9.47. The summed E-state index contributed by atoms with van der Waals surface area (Å²) in [5, 5.41) is 2.76. The number of nitrogens with zero attached hydrogens (tertiary/aromatic N) is 1. The average molecular weight is 419 g/mol. The van der Waals surface area contributed by atoms with Gasteiger partial charge < -0.3 is 15.0 Å². The van der Waals surface area contributed by atoms with Crippen LogP contribution in [-0.4, -0.2) is 42.2 Å². The van der Waals surface area contributed by atoms with Crippen LogP contribution in [0.2, 0.25) is 0 Å². The zero-order chi connectivity index (χ0) is 21.2. The van der Waals surface area contributed by atoms with E-state index in [-0.39, 0.29) is 29.9 Å². The number of benzene rings is 2. The molecule has 0 aliphatic heterocycles. The molecular weight excluding hydrogens is 391 g/mol. The Morgan fingerprint density at radius 3 is 2.31 bits per heavy atom. The molecule has 1 atom stereocenters. The minimum Gasteiger partial charge on any atom is -0.497 e. The highest BCUT2D eigenvalue weighted by Crippen LogP contribution is 2.18. The molecule has 0 saturated carbocycles. The van der Waals surface area contributed by atoms with Gasteiger partial charge in [-0.15, -0.1) is 11.8 Å². The van der Waals surface area contributed by atoms with Gasteiger partial charge in [-0.3, -0.25) is 9.59 Å². The molecule has 2 rings (SSSR count). The summed E-state index contributed by atoms with van der Waals surface area (Å²) in [4.78, 5) is 26.7. The van der Waals surface area contributed by atoms with Crippen LogP contribution in [0.4, 0.5) is 4.39 Å². The van der Waals surface area contributed by atoms with Gasteiger partial charge in [0.15, 0.2) is 0 Å². The minimum atomic E-state index is -0.617. The Balaban J connectivity index is 2.02. The van der Waals surface area contributed by atoms with Crippen LogP contribution in [0.3, 0.4) is 0 Å². The molecule has 2 aromatic rings. The van der Waals surface area contributed by atoms with Crippen molar-refractivity contribution in [2.75, 3.05) is 19.4 Å². The highest BCUT2D eigenvalue weighted by atomic mass is 32.2. The van der Waals surface area contributed by atoms with Crippen LogP contribution in [-0.2, 0) is 21.9 Å². The fourth-order valence-corrected chi connectivity index (χ4v) is 3.62. The highest BCUT2D eigenvalue weighted by molar-refractivity contribution is 7.99. The van der Waals surface area contributed by atoms with Gasteiger partial charge in [0, 0.05) is 18.8 Å². The third-order valence-electron chi connectivity index (χ3n) is 4.44. The fourth-order valence-electron chi connectivity index (χ4n) is 2.75. The number of amides is 2. The van der Waals surface area contributed by atoms with Crippen LogP contribution in [0.25, 0.3) is 0 Å². The van der Waals surface area contributed by atoms with Gasteiger partial charge in [-0.2, -0.15) is 0 Å². The molecule has 5 nitrogen and oxygen atoms in total. The lowest BCUT2D eigenvalue weighted by Crippen LogP contribution is -2.48. The van der Waals surface area contributed by atoms with Gasteiger partial charge in [-0.1, -0.05) is 24.3 Å². The van der Waals surface area contributed by atoms with Crippen molar-refractivity contribution in [1.29, 1.82) is 0 Å². The second kappa shape index (κ2) is 11.5. The van der Waals surface area contributed by atoms with Gasteiger partial charge in [0.1, 0.15) is 17.6 Å². The fraction of sp³-hybridized carbons (Fsp3) is 0.364. The molecule has 2 aromatic carbocycles. The number of carbonyl (C=O) groups excluding carboxylic acids is 2. The summed E-state index contributed by atoms with van der Waals surface area (Å²) in [6.45, 7) is 4.29. The first-order chi connectivity index (χ1) is 13.9. The van der Waals surface area contributed by atoms with E-state index < -0.39 is 6.04 Å². The second-order valence-electron chi connectivity index (χ2n) is 6.56. The first-order valence-corrected chi connectivity index (χ1v) is 10.6. The molecule has 0 saturated heterocycles. The molecule has 156 valence electrons. The van der Waals surface area contributed by atoms with Gasteiger partial charge in [0.05, 0.1) is 12.9 Å². The lowest BCUT2D eigenvalue weighted by molar-refractivity contribution is -0.138. The van der Waals surface area contributed by atoms with E-state index in [0.717, 1.165) is 16.9 Å². The van der Waals surface area contributed by atoms with Gasteiger partial charge in [-0.25, -0.2) is 4.39 Å². The Morgan fingerprint density at radius 2 is 1.72 bits per heavy atom. The van der Waals surface area contributed by atoms with Crippen molar-refractivity contribution < 1.29 is 18.7 Å². The largest absolute Gasteiger partial charge is 0.497 e. The number of thioether (sulfide) groups is 1. The van der Waals surface area contributed by atoms with Crippen molar-refractivity contribution in [2.24, 2.45) is 0 Å². The Kier molecular flexibility index (Phi) is 8.99. The van der Waals surface area contributed by atoms with Crippen molar-refractivity contribution >= 4 is 23.6 Å². The Labute approximate surface area is 175 Å². The number of carbonyl (C=O) groups is 2. The maximum Gasteiger partial charge on any atom is 0.242 e. The van der Waals surface area contributed by atoms with E-state index in [9.17, 15) is 14.0 Å². The molecule has 29 heavy (non-hydrogen) atoms. The molecule has 0 aliphatic carbocycles. The predicted molar refractivity (Wildman–Crippen MR) is 114 cm³/mol. The molecule has 0 unspecified atom stereocenters. The number of ether oxygens (including phenoxy) is 1. The van der Waals surface area contributed by atoms with Crippen molar-refractivity contribution in [1.82, 2.24) is 10.2 Å². The van der Waals surface area contributed by atoms with Crippen molar-refractivity contribution in [3.63, 3.8) is 0 Å². The van der Waals surface area contributed by atoms with E-state index in [4.69, 9.17) is 4.74 Å². The van der Waals surface area contributed by atoms with Crippen LogP contribution in [0, 0.1) is 5.82 Å². The molecule has 0 radical (unpaired) electrons. The monoisotopic (exact) mass is 418 g/mol. The van der Waals surface area contributed by atoms with E-state index >= 15 is 0 Å². The summed E-state index contributed by atoms with van der Waals surface area (Å²) < 4.78 is 18.3. The highest BCUT2D eigenvalue weighted by Gasteiger charge is 2.25. The SMILES string of the molecule is CCNC(=O)[C@H](C)N(Cc1ccc(F)cc1)C(=O)CSCc1ccc(OC)cc1. The number of halogens is 1. The number of nitrogens with one attached hydrogen (secondary N) is 1. The summed E-state index contributed by atoms with van der Waals surface area (Å²) in [5.74, 6) is 1.04. The first kappa shape index (κ1) is 22.7. The van der Waals surface area contributed by atoms with Crippen LogP contribution in [0.5, 0.6) is 5.75 Å². The normalized spacial score (nSPS) is 11.6. The second-order valence-corrected chi connectivity index (χ2v) is 7.55. The minimum absolute atomic E-state index is 0.133. The van der Waals surface area contributed by atoms with Crippen molar-refractivity contribution in [2.45, 2.75) is 32.2 Å². The Morgan fingerprint density at radius 1 is 1.10 bits per heavy atom. The maximum atomic E-state index is 13.2. The standard InChI is InChI=1S/C22H27FN2O3S/c1-4-24-22(27)16(2)25(13-17-5-9-19(23)10-6-17)21(26)15-29-14-18-7-11-20(28-3)12-8-18/h5-12,16H,4,13-15H2,1-3H3,(H,24,27)/t16-/m0/s1. The number of hydrogen-bond donors (Lipinski definition) is 1. The van der Waals surface area contributed by atoms with Crippen LogP contribution < -0.4 is 10.1 Å². The predicted octanol–water partition coefficient (Wildman–Crippen LogP) is 3.62. The lowest BCUT2D eigenvalue weighted by Gasteiger charge is -2.28. The zero-order valence-electron chi connectivity index (χ0n) is 17.0. The van der Waals surface area contributed by atoms with Gasteiger partial charge in [0.25, 0.3) is 0 Å². The third-order valence-corrected chi connectivity index (χ3v) is 5.43.